The Morgan fingerprint density at radius 3 is 2.73 bits per heavy atom. The Bertz CT molecular complexity index is 809. The van der Waals surface area contributed by atoms with E-state index in [2.05, 4.69) is 0 Å². The maximum Gasteiger partial charge on any atom is 0.383 e. The lowest BCUT2D eigenvalue weighted by Crippen LogP contribution is -2.10. The third-order valence-corrected chi connectivity index (χ3v) is 3.96. The molecule has 0 amide bonds. The molecule has 142 valence electrons. The summed E-state index contributed by atoms with van der Waals surface area (Å²) in [4.78, 5) is 22.7. The molecule has 0 aliphatic heterocycles. The van der Waals surface area contributed by atoms with Gasteiger partial charge in [0.25, 0.3) is 0 Å². The summed E-state index contributed by atoms with van der Waals surface area (Å²) in [7, 11) is 0. The lowest BCUT2D eigenvalue weighted by molar-refractivity contribution is -0.138. The van der Waals surface area contributed by atoms with E-state index in [0.29, 0.717) is 18.8 Å². The van der Waals surface area contributed by atoms with Crippen LogP contribution in [-0.2, 0) is 4.79 Å². The molecule has 0 aliphatic carbocycles. The highest BCUT2D eigenvalue weighted by molar-refractivity contribution is 5.91. The van der Waals surface area contributed by atoms with Gasteiger partial charge in [-0.1, -0.05) is 26.3 Å². The van der Waals surface area contributed by atoms with E-state index in [1.807, 2.05) is 13.8 Å². The molecule has 1 heterocycles. The minimum Gasteiger partial charge on any atom is -0.503 e. The van der Waals surface area contributed by atoms with Gasteiger partial charge in [-0.3, -0.25) is 4.79 Å². The normalized spacial score (nSPS) is 12.1. The molecule has 1 atom stereocenters. The van der Waals surface area contributed by atoms with Crippen molar-refractivity contribution in [3.05, 3.63) is 28.6 Å². The lowest BCUT2D eigenvalue weighted by Gasteiger charge is -2.13. The van der Waals surface area contributed by atoms with Crippen molar-refractivity contribution in [3.8, 4) is 17.2 Å². The summed E-state index contributed by atoms with van der Waals surface area (Å²) in [5, 5.41) is 19.6. The fourth-order valence-electron chi connectivity index (χ4n) is 2.52. The number of fused-ring (bicyclic) bond motifs is 1. The van der Waals surface area contributed by atoms with E-state index in [4.69, 9.17) is 19.0 Å². The van der Waals surface area contributed by atoms with Crippen LogP contribution in [0.15, 0.2) is 27.4 Å². The zero-order valence-electron chi connectivity index (χ0n) is 15.0. The highest BCUT2D eigenvalue weighted by Crippen LogP contribution is 2.37. The number of ether oxygens (including phenoxy) is 2. The number of hydrogen-bond donors (Lipinski definition) is 2. The molecule has 1 aromatic carbocycles. The summed E-state index contributed by atoms with van der Waals surface area (Å²) >= 11 is 0. The summed E-state index contributed by atoms with van der Waals surface area (Å²) in [5.41, 5.74) is -0.537. The van der Waals surface area contributed by atoms with Crippen molar-refractivity contribution in [3.63, 3.8) is 0 Å². The molecule has 1 aromatic heterocycles. The maximum absolute atomic E-state index is 12.0. The van der Waals surface area contributed by atoms with E-state index in [-0.39, 0.29) is 41.4 Å². The van der Waals surface area contributed by atoms with Crippen molar-refractivity contribution < 1.29 is 28.9 Å². The van der Waals surface area contributed by atoms with Gasteiger partial charge in [0.2, 0.25) is 5.75 Å². The molecule has 2 N–H and O–H groups in total. The number of unbranched alkanes of at least 4 members (excludes halogenated alkanes) is 1. The Labute approximate surface area is 151 Å². The summed E-state index contributed by atoms with van der Waals surface area (Å²) < 4.78 is 16.3. The van der Waals surface area contributed by atoms with Gasteiger partial charge >= 0.3 is 11.6 Å². The Morgan fingerprint density at radius 2 is 2.04 bits per heavy atom. The van der Waals surface area contributed by atoms with Crippen molar-refractivity contribution in [2.75, 3.05) is 13.2 Å². The second-order valence-corrected chi connectivity index (χ2v) is 6.24. The van der Waals surface area contributed by atoms with E-state index >= 15 is 0 Å². The van der Waals surface area contributed by atoms with Gasteiger partial charge in [0.1, 0.15) is 16.7 Å². The van der Waals surface area contributed by atoms with E-state index in [1.165, 1.54) is 0 Å². The minimum absolute atomic E-state index is 0.0399. The first-order valence-corrected chi connectivity index (χ1v) is 8.70. The third-order valence-electron chi connectivity index (χ3n) is 3.96. The number of aromatic hydroxyl groups is 1. The largest absolute Gasteiger partial charge is 0.503 e. The third kappa shape index (κ3) is 4.91. The Hall–Kier alpha value is -2.70. The van der Waals surface area contributed by atoms with Crippen LogP contribution in [0, 0.1) is 5.92 Å². The summed E-state index contributed by atoms with van der Waals surface area (Å²) in [6.07, 6.45) is 2.24. The predicted octanol–water partition coefficient (Wildman–Crippen LogP) is 3.56. The maximum atomic E-state index is 12.0. The van der Waals surface area contributed by atoms with Crippen molar-refractivity contribution in [2.24, 2.45) is 5.92 Å². The van der Waals surface area contributed by atoms with Crippen LogP contribution in [0.3, 0.4) is 0 Å². The van der Waals surface area contributed by atoms with Gasteiger partial charge in [0.15, 0.2) is 5.75 Å². The number of carboxylic acids is 1. The number of carboxylic acid groups (broad SMARTS) is 1. The lowest BCUT2D eigenvalue weighted by atomic mass is 10.1. The summed E-state index contributed by atoms with van der Waals surface area (Å²) in [6.45, 7) is 4.40. The molecule has 0 saturated heterocycles. The highest BCUT2D eigenvalue weighted by Gasteiger charge is 2.19. The summed E-state index contributed by atoms with van der Waals surface area (Å²) in [6, 6.07) is 4.87. The number of carbonyl (C=O) groups is 1. The average molecular weight is 364 g/mol. The highest BCUT2D eigenvalue weighted by atomic mass is 16.5. The van der Waals surface area contributed by atoms with Crippen LogP contribution < -0.4 is 15.1 Å². The van der Waals surface area contributed by atoms with Crippen molar-refractivity contribution in [1.29, 1.82) is 0 Å². The molecule has 2 aromatic rings. The predicted molar refractivity (Wildman–Crippen MR) is 96.1 cm³/mol. The first kappa shape index (κ1) is 19.6. The topological polar surface area (TPSA) is 106 Å². The SMILES string of the molecule is CCCCOc1c(O)c2c(OCCC(C)CC(=O)O)cccc2oc1=O. The van der Waals surface area contributed by atoms with Crippen LogP contribution in [0.1, 0.15) is 39.5 Å². The smallest absolute Gasteiger partial charge is 0.383 e. The molecule has 2 rings (SSSR count). The van der Waals surface area contributed by atoms with Crippen LogP contribution in [0.2, 0.25) is 0 Å². The molecular weight excluding hydrogens is 340 g/mol. The number of hydrogen-bond acceptors (Lipinski definition) is 6. The Morgan fingerprint density at radius 1 is 1.27 bits per heavy atom. The van der Waals surface area contributed by atoms with Gasteiger partial charge < -0.3 is 24.1 Å². The zero-order valence-corrected chi connectivity index (χ0v) is 15.0. The van der Waals surface area contributed by atoms with Crippen molar-refractivity contribution in [1.82, 2.24) is 0 Å². The second-order valence-electron chi connectivity index (χ2n) is 6.24. The van der Waals surface area contributed by atoms with Crippen LogP contribution >= 0.6 is 0 Å². The fraction of sp³-hybridized carbons (Fsp3) is 0.474. The Kier molecular flexibility index (Phi) is 6.89. The van der Waals surface area contributed by atoms with Gasteiger partial charge in [-0.25, -0.2) is 4.79 Å². The molecular formula is C19H24O7. The number of aliphatic carboxylic acids is 1. The quantitative estimate of drug-likeness (QED) is 0.490. The first-order chi connectivity index (χ1) is 12.4. The van der Waals surface area contributed by atoms with Gasteiger partial charge in [-0.15, -0.1) is 0 Å². The average Bonchev–Trinajstić information content (AvgIpc) is 2.57. The monoisotopic (exact) mass is 364 g/mol. The molecule has 0 fully saturated rings. The van der Waals surface area contributed by atoms with Gasteiger partial charge in [-0.2, -0.15) is 0 Å². The van der Waals surface area contributed by atoms with Crippen LogP contribution in [0.5, 0.6) is 17.2 Å². The minimum atomic E-state index is -0.851. The molecule has 0 bridgehead atoms. The van der Waals surface area contributed by atoms with Crippen LogP contribution in [0.25, 0.3) is 11.0 Å². The van der Waals surface area contributed by atoms with Gasteiger partial charge in [-0.05, 0) is 30.9 Å². The Balaban J connectivity index is 2.22. The second kappa shape index (κ2) is 9.12. The number of benzene rings is 1. The van der Waals surface area contributed by atoms with E-state index < -0.39 is 11.6 Å². The van der Waals surface area contributed by atoms with Crippen molar-refractivity contribution >= 4 is 16.9 Å². The van der Waals surface area contributed by atoms with Crippen LogP contribution in [0.4, 0.5) is 0 Å². The fourth-order valence-corrected chi connectivity index (χ4v) is 2.52. The van der Waals surface area contributed by atoms with Crippen LogP contribution in [-0.4, -0.2) is 29.4 Å². The first-order valence-electron chi connectivity index (χ1n) is 8.70. The molecule has 0 radical (unpaired) electrons. The standard InChI is InChI=1S/C19H24O7/c1-3-4-9-25-18-17(22)16-13(6-5-7-14(16)26-19(18)23)24-10-8-12(2)11-15(20)21/h5-7,12,22H,3-4,8-11H2,1-2H3,(H,20,21). The van der Waals surface area contributed by atoms with E-state index in [9.17, 15) is 14.7 Å². The van der Waals surface area contributed by atoms with Gasteiger partial charge in [0, 0.05) is 6.42 Å². The molecule has 0 spiro atoms. The van der Waals surface area contributed by atoms with E-state index in [0.717, 1.165) is 12.8 Å². The summed E-state index contributed by atoms with van der Waals surface area (Å²) in [5.74, 6) is -1.06. The molecule has 0 aliphatic rings. The van der Waals surface area contributed by atoms with E-state index in [1.54, 1.807) is 18.2 Å². The molecule has 26 heavy (non-hydrogen) atoms. The molecule has 7 nitrogen and oxygen atoms in total. The van der Waals surface area contributed by atoms with Gasteiger partial charge in [0.05, 0.1) is 13.2 Å². The van der Waals surface area contributed by atoms with Crippen molar-refractivity contribution in [2.45, 2.75) is 39.5 Å². The number of rotatable bonds is 10. The zero-order chi connectivity index (χ0) is 19.1. The molecule has 1 unspecified atom stereocenters. The molecule has 0 saturated carbocycles. The molecule has 7 heteroatoms.